The van der Waals surface area contributed by atoms with Crippen LogP contribution in [0.3, 0.4) is 0 Å². The summed E-state index contributed by atoms with van der Waals surface area (Å²) in [6, 6.07) is 8.23. The van der Waals surface area contributed by atoms with E-state index in [2.05, 4.69) is 27.8 Å². The van der Waals surface area contributed by atoms with Crippen molar-refractivity contribution >= 4 is 29.9 Å². The van der Waals surface area contributed by atoms with Crippen LogP contribution in [0.25, 0.3) is 0 Å². The van der Waals surface area contributed by atoms with Crippen LogP contribution in [-0.4, -0.2) is 45.9 Å². The van der Waals surface area contributed by atoms with E-state index < -0.39 is 0 Å². The Labute approximate surface area is 150 Å². The van der Waals surface area contributed by atoms with E-state index in [0.29, 0.717) is 6.61 Å². The third-order valence-electron chi connectivity index (χ3n) is 2.82. The molecule has 0 bridgehead atoms. The molecular formula is C16H28IN3O2. The Morgan fingerprint density at radius 3 is 2.32 bits per heavy atom. The maximum atomic E-state index is 5.63. The van der Waals surface area contributed by atoms with Crippen molar-refractivity contribution in [2.75, 3.05) is 33.9 Å². The fraction of sp³-hybridized carbons (Fsp3) is 0.562. The molecule has 2 N–H and O–H groups in total. The van der Waals surface area contributed by atoms with Crippen LogP contribution in [-0.2, 0) is 11.2 Å². The molecule has 0 aromatic heterocycles. The Kier molecular flexibility index (Phi) is 11.9. The molecule has 1 aromatic carbocycles. The monoisotopic (exact) mass is 421 g/mol. The number of hydrogen-bond donors (Lipinski definition) is 2. The van der Waals surface area contributed by atoms with Crippen LogP contribution >= 0.6 is 24.0 Å². The molecular weight excluding hydrogens is 393 g/mol. The third kappa shape index (κ3) is 9.09. The highest BCUT2D eigenvalue weighted by Gasteiger charge is 2.00. The second-order valence-corrected chi connectivity index (χ2v) is 4.98. The lowest BCUT2D eigenvalue weighted by Gasteiger charge is -2.12. The van der Waals surface area contributed by atoms with Crippen molar-refractivity contribution in [2.45, 2.75) is 26.4 Å². The third-order valence-corrected chi connectivity index (χ3v) is 2.82. The lowest BCUT2D eigenvalue weighted by atomic mass is 10.1. The van der Waals surface area contributed by atoms with Crippen molar-refractivity contribution in [3.8, 4) is 5.75 Å². The Bertz CT molecular complexity index is 422. The van der Waals surface area contributed by atoms with Gasteiger partial charge in [-0.3, -0.25) is 4.99 Å². The van der Waals surface area contributed by atoms with Crippen LogP contribution < -0.4 is 15.4 Å². The van der Waals surface area contributed by atoms with Crippen LogP contribution in [0.5, 0.6) is 5.75 Å². The van der Waals surface area contributed by atoms with Gasteiger partial charge in [0, 0.05) is 27.2 Å². The molecule has 0 saturated carbocycles. The number of hydrogen-bond acceptors (Lipinski definition) is 3. The molecule has 1 aromatic rings. The van der Waals surface area contributed by atoms with Gasteiger partial charge in [-0.25, -0.2) is 0 Å². The van der Waals surface area contributed by atoms with E-state index in [-0.39, 0.29) is 30.1 Å². The van der Waals surface area contributed by atoms with Crippen molar-refractivity contribution in [1.29, 1.82) is 0 Å². The standard InChI is InChI=1S/C16H27N3O2.HI/c1-13(2)21-15-7-5-14(6-8-15)9-10-18-16(17-3)19-11-12-20-4;/h5-8,13H,9-12H2,1-4H3,(H2,17,18,19);1H. The van der Waals surface area contributed by atoms with Gasteiger partial charge in [-0.2, -0.15) is 0 Å². The van der Waals surface area contributed by atoms with E-state index in [4.69, 9.17) is 9.47 Å². The molecule has 1 rings (SSSR count). The summed E-state index contributed by atoms with van der Waals surface area (Å²) in [6.07, 6.45) is 1.14. The molecule has 22 heavy (non-hydrogen) atoms. The average molecular weight is 421 g/mol. The number of ether oxygens (including phenoxy) is 2. The second kappa shape index (κ2) is 12.5. The van der Waals surface area contributed by atoms with E-state index in [1.165, 1.54) is 5.56 Å². The number of nitrogens with zero attached hydrogens (tertiary/aromatic N) is 1. The zero-order chi connectivity index (χ0) is 15.5. The quantitative estimate of drug-likeness (QED) is 0.293. The molecule has 0 aliphatic rings. The van der Waals surface area contributed by atoms with Gasteiger partial charge in [0.15, 0.2) is 5.96 Å². The average Bonchev–Trinajstić information content (AvgIpc) is 2.47. The zero-order valence-electron chi connectivity index (χ0n) is 13.9. The van der Waals surface area contributed by atoms with E-state index in [1.807, 2.05) is 26.0 Å². The number of rotatable bonds is 8. The normalized spacial score (nSPS) is 11.0. The SMILES string of the molecule is CN=C(NCCOC)NCCc1ccc(OC(C)C)cc1.I. The first-order valence-corrected chi connectivity index (χ1v) is 7.34. The molecule has 0 unspecified atom stereocenters. The van der Waals surface area contributed by atoms with Gasteiger partial charge in [0.25, 0.3) is 0 Å². The fourth-order valence-electron chi connectivity index (χ4n) is 1.82. The summed E-state index contributed by atoms with van der Waals surface area (Å²) < 4.78 is 10.6. The van der Waals surface area contributed by atoms with E-state index in [9.17, 15) is 0 Å². The summed E-state index contributed by atoms with van der Waals surface area (Å²) in [7, 11) is 3.45. The minimum Gasteiger partial charge on any atom is -0.491 e. The summed E-state index contributed by atoms with van der Waals surface area (Å²) in [5.74, 6) is 1.71. The largest absolute Gasteiger partial charge is 0.491 e. The van der Waals surface area contributed by atoms with Gasteiger partial charge >= 0.3 is 0 Å². The number of benzene rings is 1. The highest BCUT2D eigenvalue weighted by Crippen LogP contribution is 2.13. The first-order chi connectivity index (χ1) is 10.2. The van der Waals surface area contributed by atoms with Gasteiger partial charge in [-0.1, -0.05) is 12.1 Å². The van der Waals surface area contributed by atoms with Crippen LogP contribution in [0, 0.1) is 0 Å². The lowest BCUT2D eigenvalue weighted by Crippen LogP contribution is -2.39. The van der Waals surface area contributed by atoms with E-state index in [1.54, 1.807) is 14.2 Å². The maximum Gasteiger partial charge on any atom is 0.191 e. The predicted octanol–water partition coefficient (Wildman–Crippen LogP) is 2.45. The molecule has 0 heterocycles. The highest BCUT2D eigenvalue weighted by molar-refractivity contribution is 14.0. The molecule has 6 heteroatoms. The minimum atomic E-state index is 0. The number of nitrogens with one attached hydrogen (secondary N) is 2. The van der Waals surface area contributed by atoms with Gasteiger partial charge in [-0.05, 0) is 38.0 Å². The number of guanidine groups is 1. The van der Waals surface area contributed by atoms with E-state index in [0.717, 1.165) is 31.2 Å². The van der Waals surface area contributed by atoms with Crippen molar-refractivity contribution in [2.24, 2.45) is 4.99 Å². The molecule has 0 saturated heterocycles. The van der Waals surface area contributed by atoms with Crippen LogP contribution in [0.15, 0.2) is 29.3 Å². The highest BCUT2D eigenvalue weighted by atomic mass is 127. The Hall–Kier alpha value is -1.02. The molecule has 126 valence electrons. The van der Waals surface area contributed by atoms with Crippen LogP contribution in [0.4, 0.5) is 0 Å². The molecule has 0 fully saturated rings. The van der Waals surface area contributed by atoms with Gasteiger partial charge < -0.3 is 20.1 Å². The molecule has 0 amide bonds. The Morgan fingerprint density at radius 1 is 1.14 bits per heavy atom. The summed E-state index contributed by atoms with van der Waals surface area (Å²) in [5.41, 5.74) is 1.27. The van der Waals surface area contributed by atoms with Crippen molar-refractivity contribution in [3.05, 3.63) is 29.8 Å². The van der Waals surface area contributed by atoms with Crippen molar-refractivity contribution < 1.29 is 9.47 Å². The summed E-state index contributed by atoms with van der Waals surface area (Å²) >= 11 is 0. The second-order valence-electron chi connectivity index (χ2n) is 4.98. The number of methoxy groups -OCH3 is 1. The van der Waals surface area contributed by atoms with Gasteiger partial charge in [0.1, 0.15) is 5.75 Å². The van der Waals surface area contributed by atoms with E-state index >= 15 is 0 Å². The first-order valence-electron chi connectivity index (χ1n) is 7.34. The first kappa shape index (κ1) is 21.0. The topological polar surface area (TPSA) is 54.9 Å². The van der Waals surface area contributed by atoms with Gasteiger partial charge in [-0.15, -0.1) is 24.0 Å². The summed E-state index contributed by atoms with van der Waals surface area (Å²) in [4.78, 5) is 4.16. The smallest absolute Gasteiger partial charge is 0.191 e. The summed E-state index contributed by atoms with van der Waals surface area (Å²) in [5, 5.41) is 6.46. The predicted molar refractivity (Wildman–Crippen MR) is 103 cm³/mol. The molecule has 0 aliphatic carbocycles. The Morgan fingerprint density at radius 2 is 1.77 bits per heavy atom. The number of aliphatic imine (C=N–C) groups is 1. The zero-order valence-corrected chi connectivity index (χ0v) is 16.2. The maximum absolute atomic E-state index is 5.63. The van der Waals surface area contributed by atoms with Crippen LogP contribution in [0.1, 0.15) is 19.4 Å². The molecule has 0 spiro atoms. The molecule has 5 nitrogen and oxygen atoms in total. The van der Waals surface area contributed by atoms with Crippen molar-refractivity contribution in [3.63, 3.8) is 0 Å². The number of halogens is 1. The fourth-order valence-corrected chi connectivity index (χ4v) is 1.82. The summed E-state index contributed by atoms with van der Waals surface area (Å²) in [6.45, 7) is 6.30. The van der Waals surface area contributed by atoms with Gasteiger partial charge in [0.05, 0.1) is 12.7 Å². The molecule has 0 aliphatic heterocycles. The van der Waals surface area contributed by atoms with Gasteiger partial charge in [0.2, 0.25) is 0 Å². The minimum absolute atomic E-state index is 0. The van der Waals surface area contributed by atoms with Crippen LogP contribution in [0.2, 0.25) is 0 Å². The Balaban J connectivity index is 0.00000441. The molecule has 0 atom stereocenters. The molecule has 0 radical (unpaired) electrons. The van der Waals surface area contributed by atoms with Crippen molar-refractivity contribution in [1.82, 2.24) is 10.6 Å². The lowest BCUT2D eigenvalue weighted by molar-refractivity contribution is 0.203.